The highest BCUT2D eigenvalue weighted by Gasteiger charge is 2.17. The van der Waals surface area contributed by atoms with Crippen LogP contribution in [0.5, 0.6) is 11.5 Å². The van der Waals surface area contributed by atoms with Crippen LogP contribution in [0.2, 0.25) is 0 Å². The molecule has 1 fully saturated rings. The Hall–Kier alpha value is -2.56. The average Bonchev–Trinajstić information content (AvgIpc) is 3.11. The van der Waals surface area contributed by atoms with Gasteiger partial charge in [-0.25, -0.2) is 4.39 Å². The van der Waals surface area contributed by atoms with E-state index in [1.54, 1.807) is 6.92 Å². The molecule has 1 amide bonds. The molecule has 1 aliphatic carbocycles. The smallest absolute Gasteiger partial charge is 0.265 e. The summed E-state index contributed by atoms with van der Waals surface area (Å²) in [6, 6.07) is 12.9. The molecule has 0 spiro atoms. The Bertz CT molecular complexity index is 694. The number of hydrogen-bond acceptors (Lipinski definition) is 3. The monoisotopic (exact) mass is 343 g/mol. The molecule has 5 heteroatoms. The fourth-order valence-corrected chi connectivity index (χ4v) is 2.83. The molecule has 1 N–H and O–H groups in total. The minimum Gasteiger partial charge on any atom is -0.490 e. The Balaban J connectivity index is 1.51. The van der Waals surface area contributed by atoms with E-state index in [0.29, 0.717) is 17.5 Å². The van der Waals surface area contributed by atoms with Gasteiger partial charge in [-0.2, -0.15) is 0 Å². The van der Waals surface area contributed by atoms with Crippen molar-refractivity contribution in [2.45, 2.75) is 44.8 Å². The van der Waals surface area contributed by atoms with Crippen molar-refractivity contribution in [1.82, 2.24) is 0 Å². The van der Waals surface area contributed by atoms with E-state index in [-0.39, 0.29) is 11.7 Å². The number of benzene rings is 2. The Morgan fingerprint density at radius 2 is 1.64 bits per heavy atom. The van der Waals surface area contributed by atoms with Gasteiger partial charge in [-0.15, -0.1) is 0 Å². The fraction of sp³-hybridized carbons (Fsp3) is 0.350. The first kappa shape index (κ1) is 17.3. The van der Waals surface area contributed by atoms with E-state index in [4.69, 9.17) is 9.47 Å². The quantitative estimate of drug-likeness (QED) is 0.837. The van der Waals surface area contributed by atoms with E-state index in [2.05, 4.69) is 5.32 Å². The van der Waals surface area contributed by atoms with Crippen LogP contribution < -0.4 is 14.8 Å². The number of carbonyl (C=O) groups excluding carboxylic acids is 1. The van der Waals surface area contributed by atoms with E-state index in [1.807, 2.05) is 24.3 Å². The average molecular weight is 343 g/mol. The topological polar surface area (TPSA) is 47.6 Å². The lowest BCUT2D eigenvalue weighted by Crippen LogP contribution is -2.30. The van der Waals surface area contributed by atoms with Crippen molar-refractivity contribution in [3.63, 3.8) is 0 Å². The van der Waals surface area contributed by atoms with Crippen molar-refractivity contribution in [3.8, 4) is 11.5 Å². The largest absolute Gasteiger partial charge is 0.490 e. The van der Waals surface area contributed by atoms with E-state index in [9.17, 15) is 9.18 Å². The summed E-state index contributed by atoms with van der Waals surface area (Å²) in [7, 11) is 0. The van der Waals surface area contributed by atoms with Crippen LogP contribution in [0, 0.1) is 5.82 Å². The third-order valence-corrected chi connectivity index (χ3v) is 4.22. The van der Waals surface area contributed by atoms with Crippen molar-refractivity contribution in [2.75, 3.05) is 5.32 Å². The van der Waals surface area contributed by atoms with Crippen LogP contribution in [0.15, 0.2) is 48.5 Å². The van der Waals surface area contributed by atoms with E-state index < -0.39 is 6.10 Å². The maximum absolute atomic E-state index is 12.9. The molecule has 0 saturated heterocycles. The van der Waals surface area contributed by atoms with E-state index in [1.165, 1.54) is 37.1 Å². The second-order valence-electron chi connectivity index (χ2n) is 6.25. The SMILES string of the molecule is CC(Oc1ccc(F)cc1)C(=O)Nc1ccc(OC2CCCC2)cc1. The number of amides is 1. The lowest BCUT2D eigenvalue weighted by Gasteiger charge is -2.16. The summed E-state index contributed by atoms with van der Waals surface area (Å²) in [6.45, 7) is 1.65. The summed E-state index contributed by atoms with van der Waals surface area (Å²) >= 11 is 0. The number of halogens is 1. The van der Waals surface area contributed by atoms with Gasteiger partial charge in [-0.3, -0.25) is 4.79 Å². The predicted molar refractivity (Wildman–Crippen MR) is 94.4 cm³/mol. The molecule has 0 bridgehead atoms. The summed E-state index contributed by atoms with van der Waals surface area (Å²) in [5.41, 5.74) is 0.679. The number of carbonyl (C=O) groups is 1. The maximum atomic E-state index is 12.9. The second kappa shape index (κ2) is 8.01. The summed E-state index contributed by atoms with van der Waals surface area (Å²) in [4.78, 5) is 12.2. The second-order valence-corrected chi connectivity index (χ2v) is 6.25. The van der Waals surface area contributed by atoms with Gasteiger partial charge in [0.05, 0.1) is 6.10 Å². The molecule has 4 nitrogen and oxygen atoms in total. The first-order chi connectivity index (χ1) is 12.1. The standard InChI is InChI=1S/C20H22FNO3/c1-14(24-18-10-6-15(21)7-11-18)20(23)22-16-8-12-19(13-9-16)25-17-4-2-3-5-17/h6-14,17H,2-5H2,1H3,(H,22,23). The van der Waals surface area contributed by atoms with Crippen LogP contribution >= 0.6 is 0 Å². The molecule has 3 rings (SSSR count). The van der Waals surface area contributed by atoms with E-state index >= 15 is 0 Å². The fourth-order valence-electron chi connectivity index (χ4n) is 2.83. The normalized spacial score (nSPS) is 15.6. The summed E-state index contributed by atoms with van der Waals surface area (Å²) in [5.74, 6) is 0.656. The van der Waals surface area contributed by atoms with Crippen molar-refractivity contribution in [3.05, 3.63) is 54.3 Å². The Morgan fingerprint density at radius 3 is 2.28 bits per heavy atom. The first-order valence-electron chi connectivity index (χ1n) is 8.60. The molecule has 1 unspecified atom stereocenters. The van der Waals surface area contributed by atoms with Crippen molar-refractivity contribution in [1.29, 1.82) is 0 Å². The highest BCUT2D eigenvalue weighted by Crippen LogP contribution is 2.25. The zero-order valence-electron chi connectivity index (χ0n) is 14.2. The molecule has 1 saturated carbocycles. The van der Waals surface area contributed by atoms with Gasteiger partial charge >= 0.3 is 0 Å². The van der Waals surface area contributed by atoms with Crippen LogP contribution in [-0.2, 0) is 4.79 Å². The zero-order valence-corrected chi connectivity index (χ0v) is 14.2. The molecule has 1 aliphatic rings. The van der Waals surface area contributed by atoms with Gasteiger partial charge in [0.1, 0.15) is 17.3 Å². The Morgan fingerprint density at radius 1 is 1.04 bits per heavy atom. The number of hydrogen-bond donors (Lipinski definition) is 1. The van der Waals surface area contributed by atoms with E-state index in [0.717, 1.165) is 18.6 Å². The number of anilines is 1. The maximum Gasteiger partial charge on any atom is 0.265 e. The lowest BCUT2D eigenvalue weighted by atomic mass is 10.2. The van der Waals surface area contributed by atoms with Crippen LogP contribution in [0.25, 0.3) is 0 Å². The first-order valence-corrected chi connectivity index (χ1v) is 8.60. The zero-order chi connectivity index (χ0) is 17.6. The molecule has 0 heterocycles. The highest BCUT2D eigenvalue weighted by molar-refractivity contribution is 5.94. The van der Waals surface area contributed by atoms with Crippen LogP contribution in [-0.4, -0.2) is 18.1 Å². The van der Waals surface area contributed by atoms with Gasteiger partial charge in [-0.05, 0) is 81.1 Å². The highest BCUT2D eigenvalue weighted by atomic mass is 19.1. The van der Waals surface area contributed by atoms with Crippen LogP contribution in [0.4, 0.5) is 10.1 Å². The van der Waals surface area contributed by atoms with Crippen LogP contribution in [0.3, 0.4) is 0 Å². The van der Waals surface area contributed by atoms with Gasteiger partial charge in [-0.1, -0.05) is 0 Å². The minimum absolute atomic E-state index is 0.270. The van der Waals surface area contributed by atoms with Gasteiger partial charge in [0, 0.05) is 5.69 Å². The molecular formula is C20H22FNO3. The number of nitrogens with one attached hydrogen (secondary N) is 1. The Kier molecular flexibility index (Phi) is 5.53. The molecule has 0 radical (unpaired) electrons. The minimum atomic E-state index is -0.695. The van der Waals surface area contributed by atoms with Gasteiger partial charge in [0.25, 0.3) is 5.91 Å². The van der Waals surface area contributed by atoms with Gasteiger partial charge < -0.3 is 14.8 Å². The molecule has 2 aromatic rings. The van der Waals surface area contributed by atoms with Crippen molar-refractivity contribution >= 4 is 11.6 Å². The third kappa shape index (κ3) is 4.95. The number of ether oxygens (including phenoxy) is 2. The van der Waals surface area contributed by atoms with Crippen LogP contribution in [0.1, 0.15) is 32.6 Å². The molecule has 1 atom stereocenters. The Labute approximate surface area is 147 Å². The summed E-state index contributed by atoms with van der Waals surface area (Å²) < 4.78 is 24.3. The molecule has 0 aliphatic heterocycles. The molecule has 2 aromatic carbocycles. The predicted octanol–water partition coefficient (Wildman–Crippen LogP) is 4.55. The molecule has 25 heavy (non-hydrogen) atoms. The van der Waals surface area contributed by atoms with Crippen molar-refractivity contribution < 1.29 is 18.7 Å². The van der Waals surface area contributed by atoms with Crippen molar-refractivity contribution in [2.24, 2.45) is 0 Å². The van der Waals surface area contributed by atoms with Gasteiger partial charge in [0.15, 0.2) is 6.10 Å². The summed E-state index contributed by atoms with van der Waals surface area (Å²) in [5, 5.41) is 2.80. The molecule has 0 aromatic heterocycles. The molecular weight excluding hydrogens is 321 g/mol. The van der Waals surface area contributed by atoms with Gasteiger partial charge in [0.2, 0.25) is 0 Å². The number of rotatable bonds is 6. The molecule has 132 valence electrons. The lowest BCUT2D eigenvalue weighted by molar-refractivity contribution is -0.122. The summed E-state index contributed by atoms with van der Waals surface area (Å²) in [6.07, 6.45) is 4.28. The third-order valence-electron chi connectivity index (χ3n) is 4.22.